The van der Waals surface area contributed by atoms with Crippen molar-refractivity contribution in [3.63, 3.8) is 0 Å². The molecule has 0 spiro atoms. The van der Waals surface area contributed by atoms with Crippen LogP contribution in [0, 0.1) is 0 Å². The topological polar surface area (TPSA) is 69.7 Å². The van der Waals surface area contributed by atoms with Crippen LogP contribution in [-0.2, 0) is 9.59 Å². The van der Waals surface area contributed by atoms with Crippen molar-refractivity contribution >= 4 is 17.8 Å². The van der Waals surface area contributed by atoms with E-state index in [2.05, 4.69) is 5.32 Å². The molecule has 19 heavy (non-hydrogen) atoms. The molecule has 2 aliphatic rings. The van der Waals surface area contributed by atoms with Gasteiger partial charge >= 0.3 is 6.03 Å². The second-order valence-electron chi connectivity index (χ2n) is 5.91. The SMILES string of the molecule is CCC(C)(C)NC(=O)CN1C(=O)CN(C2CC2)C1=O. The van der Waals surface area contributed by atoms with Crippen LogP contribution in [0.25, 0.3) is 0 Å². The van der Waals surface area contributed by atoms with Gasteiger partial charge in [0.1, 0.15) is 13.1 Å². The zero-order valence-corrected chi connectivity index (χ0v) is 11.7. The van der Waals surface area contributed by atoms with Gasteiger partial charge in [-0.15, -0.1) is 0 Å². The van der Waals surface area contributed by atoms with E-state index in [1.807, 2.05) is 20.8 Å². The summed E-state index contributed by atoms with van der Waals surface area (Å²) in [7, 11) is 0. The van der Waals surface area contributed by atoms with Crippen molar-refractivity contribution in [2.75, 3.05) is 13.1 Å². The molecule has 2 rings (SSSR count). The van der Waals surface area contributed by atoms with Crippen molar-refractivity contribution in [2.24, 2.45) is 0 Å². The lowest BCUT2D eigenvalue weighted by Crippen LogP contribution is -2.48. The Bertz CT molecular complexity index is 415. The Morgan fingerprint density at radius 3 is 2.53 bits per heavy atom. The number of nitrogens with one attached hydrogen (secondary N) is 1. The van der Waals surface area contributed by atoms with E-state index < -0.39 is 0 Å². The van der Waals surface area contributed by atoms with Crippen LogP contribution in [0.15, 0.2) is 0 Å². The molecule has 6 heteroatoms. The van der Waals surface area contributed by atoms with Crippen molar-refractivity contribution in [1.29, 1.82) is 0 Å². The van der Waals surface area contributed by atoms with Gasteiger partial charge in [0.15, 0.2) is 0 Å². The summed E-state index contributed by atoms with van der Waals surface area (Å²) in [5.41, 5.74) is -0.320. The summed E-state index contributed by atoms with van der Waals surface area (Å²) in [5.74, 6) is -0.562. The molecule has 2 fully saturated rings. The second kappa shape index (κ2) is 4.83. The average molecular weight is 267 g/mol. The molecular weight excluding hydrogens is 246 g/mol. The van der Waals surface area contributed by atoms with Gasteiger partial charge in [-0.1, -0.05) is 6.92 Å². The quantitative estimate of drug-likeness (QED) is 0.746. The van der Waals surface area contributed by atoms with E-state index in [1.54, 1.807) is 4.90 Å². The minimum absolute atomic E-state index is 0.119. The summed E-state index contributed by atoms with van der Waals surface area (Å²) in [6.07, 6.45) is 2.71. The van der Waals surface area contributed by atoms with Crippen LogP contribution in [-0.4, -0.2) is 52.3 Å². The number of hydrogen-bond donors (Lipinski definition) is 1. The van der Waals surface area contributed by atoms with Crippen LogP contribution >= 0.6 is 0 Å². The lowest BCUT2D eigenvalue weighted by atomic mass is 10.0. The van der Waals surface area contributed by atoms with Gasteiger partial charge in [-0.2, -0.15) is 0 Å². The summed E-state index contributed by atoms with van der Waals surface area (Å²) in [6.45, 7) is 5.74. The summed E-state index contributed by atoms with van der Waals surface area (Å²) in [6, 6.07) is -0.117. The second-order valence-corrected chi connectivity index (χ2v) is 5.91. The molecule has 1 aliphatic carbocycles. The Balaban J connectivity index is 1.93. The molecule has 1 saturated carbocycles. The maximum Gasteiger partial charge on any atom is 0.327 e. The minimum Gasteiger partial charge on any atom is -0.350 e. The molecule has 4 amide bonds. The third kappa shape index (κ3) is 3.05. The molecule has 6 nitrogen and oxygen atoms in total. The largest absolute Gasteiger partial charge is 0.350 e. The van der Waals surface area contributed by atoms with Gasteiger partial charge in [-0.25, -0.2) is 4.79 Å². The molecule has 1 heterocycles. The fraction of sp³-hybridized carbons (Fsp3) is 0.769. The van der Waals surface area contributed by atoms with Gasteiger partial charge < -0.3 is 10.2 Å². The number of carbonyl (C=O) groups is 3. The molecular formula is C13H21N3O3. The number of imide groups is 1. The van der Waals surface area contributed by atoms with Crippen LogP contribution in [0.5, 0.6) is 0 Å². The van der Waals surface area contributed by atoms with Crippen LogP contribution in [0.3, 0.4) is 0 Å². The highest BCUT2D eigenvalue weighted by Crippen LogP contribution is 2.30. The minimum atomic E-state index is -0.322. The van der Waals surface area contributed by atoms with Gasteiger partial charge in [0, 0.05) is 11.6 Å². The first-order valence-electron chi connectivity index (χ1n) is 6.76. The maximum absolute atomic E-state index is 12.0. The zero-order chi connectivity index (χ0) is 14.2. The summed E-state index contributed by atoms with van der Waals surface area (Å²) in [5, 5.41) is 2.83. The highest BCUT2D eigenvalue weighted by atomic mass is 16.2. The normalized spacial score (nSPS) is 20.2. The third-order valence-electron chi connectivity index (χ3n) is 3.73. The summed E-state index contributed by atoms with van der Waals surface area (Å²) < 4.78 is 0. The van der Waals surface area contributed by atoms with E-state index in [4.69, 9.17) is 0 Å². The fourth-order valence-electron chi connectivity index (χ4n) is 2.04. The molecule has 1 aliphatic heterocycles. The van der Waals surface area contributed by atoms with Crippen molar-refractivity contribution < 1.29 is 14.4 Å². The molecule has 0 aromatic rings. The van der Waals surface area contributed by atoms with Crippen molar-refractivity contribution in [2.45, 2.75) is 51.6 Å². The molecule has 0 bridgehead atoms. The lowest BCUT2D eigenvalue weighted by Gasteiger charge is -2.25. The Labute approximate surface area is 113 Å². The number of urea groups is 1. The smallest absolute Gasteiger partial charge is 0.327 e. The van der Waals surface area contributed by atoms with E-state index in [1.165, 1.54) is 0 Å². The van der Waals surface area contributed by atoms with Crippen LogP contribution < -0.4 is 5.32 Å². The van der Waals surface area contributed by atoms with Crippen LogP contribution in [0.1, 0.15) is 40.0 Å². The fourth-order valence-corrected chi connectivity index (χ4v) is 2.04. The van der Waals surface area contributed by atoms with Gasteiger partial charge in [-0.3, -0.25) is 14.5 Å². The highest BCUT2D eigenvalue weighted by Gasteiger charge is 2.44. The van der Waals surface area contributed by atoms with Crippen LogP contribution in [0.2, 0.25) is 0 Å². The van der Waals surface area contributed by atoms with Gasteiger partial charge in [0.05, 0.1) is 0 Å². The first-order chi connectivity index (χ1) is 8.84. The predicted molar refractivity (Wildman–Crippen MR) is 69.3 cm³/mol. The number of nitrogens with zero attached hydrogens (tertiary/aromatic N) is 2. The summed E-state index contributed by atoms with van der Waals surface area (Å²) in [4.78, 5) is 38.3. The zero-order valence-electron chi connectivity index (χ0n) is 11.7. The molecule has 106 valence electrons. The first kappa shape index (κ1) is 13.8. The third-order valence-corrected chi connectivity index (χ3v) is 3.73. The van der Waals surface area contributed by atoms with Gasteiger partial charge in [0.25, 0.3) is 5.91 Å². The molecule has 0 atom stereocenters. The number of carbonyl (C=O) groups excluding carboxylic acids is 3. The summed E-state index contributed by atoms with van der Waals surface area (Å²) >= 11 is 0. The maximum atomic E-state index is 12.0. The van der Waals surface area contributed by atoms with E-state index in [9.17, 15) is 14.4 Å². The molecule has 0 aromatic heterocycles. The average Bonchev–Trinajstić information content (AvgIpc) is 3.11. The monoisotopic (exact) mass is 267 g/mol. The predicted octanol–water partition coefficient (Wildman–Crippen LogP) is 0.718. The van der Waals surface area contributed by atoms with Crippen molar-refractivity contribution in [3.8, 4) is 0 Å². The molecule has 0 aromatic carbocycles. The van der Waals surface area contributed by atoms with E-state index >= 15 is 0 Å². The first-order valence-corrected chi connectivity index (χ1v) is 6.76. The Morgan fingerprint density at radius 1 is 1.37 bits per heavy atom. The number of hydrogen-bond acceptors (Lipinski definition) is 3. The van der Waals surface area contributed by atoms with Gasteiger partial charge in [-0.05, 0) is 33.1 Å². The Kier molecular flexibility index (Phi) is 3.52. The van der Waals surface area contributed by atoms with E-state index in [-0.39, 0.29) is 42.5 Å². The molecule has 1 N–H and O–H groups in total. The molecule has 1 saturated heterocycles. The van der Waals surface area contributed by atoms with Crippen molar-refractivity contribution in [3.05, 3.63) is 0 Å². The Morgan fingerprint density at radius 2 is 2.00 bits per heavy atom. The van der Waals surface area contributed by atoms with E-state index in [0.717, 1.165) is 24.2 Å². The lowest BCUT2D eigenvalue weighted by molar-refractivity contribution is -0.131. The number of rotatable bonds is 5. The standard InChI is InChI=1S/C13H21N3O3/c1-4-13(2,3)14-10(17)7-16-11(18)8-15(12(16)19)9-5-6-9/h9H,4-8H2,1-3H3,(H,14,17). The Hall–Kier alpha value is -1.59. The molecule has 0 radical (unpaired) electrons. The van der Waals surface area contributed by atoms with E-state index in [0.29, 0.717) is 0 Å². The highest BCUT2D eigenvalue weighted by molar-refractivity contribution is 6.04. The molecule has 0 unspecified atom stereocenters. The van der Waals surface area contributed by atoms with Crippen LogP contribution in [0.4, 0.5) is 4.79 Å². The number of amides is 4. The van der Waals surface area contributed by atoms with Gasteiger partial charge in [0.2, 0.25) is 5.91 Å². The van der Waals surface area contributed by atoms with Crippen molar-refractivity contribution in [1.82, 2.24) is 15.1 Å².